The lowest BCUT2D eigenvalue weighted by atomic mass is 10.1. The molecule has 1 N–H and O–H groups in total. The van der Waals surface area contributed by atoms with E-state index in [9.17, 15) is 9.59 Å². The van der Waals surface area contributed by atoms with E-state index in [1.165, 1.54) is 11.6 Å². The lowest BCUT2D eigenvalue weighted by molar-refractivity contribution is 0.282. The van der Waals surface area contributed by atoms with Crippen LogP contribution >= 0.6 is 0 Å². The van der Waals surface area contributed by atoms with E-state index in [1.807, 2.05) is 13.8 Å². The minimum absolute atomic E-state index is 0.0515. The standard InChI is InChI=1S/C24H29N5O4/c1-16(2)14-29-22-21(23(31)28(4)24(29)32)26-17(10-6-5-9-13-30)19(27-22)15-33-20-12-8-7-11-18(20)25-3/h7-8,11-12,16,30H,5-6,9-10,13-15H2,1-2,4H3. The maximum Gasteiger partial charge on any atom is 0.332 e. The first kappa shape index (κ1) is 24.1. The summed E-state index contributed by atoms with van der Waals surface area (Å²) in [5, 5.41) is 9.07. The smallest absolute Gasteiger partial charge is 0.332 e. The summed E-state index contributed by atoms with van der Waals surface area (Å²) in [5.41, 5.74) is 1.01. The highest BCUT2D eigenvalue weighted by Crippen LogP contribution is 2.27. The lowest BCUT2D eigenvalue weighted by Gasteiger charge is -2.16. The number of hydrogen-bond acceptors (Lipinski definition) is 6. The molecule has 0 spiro atoms. The molecule has 0 aliphatic carbocycles. The molecule has 0 atom stereocenters. The Morgan fingerprint density at radius 3 is 2.58 bits per heavy atom. The molecule has 0 fully saturated rings. The topological polar surface area (TPSA) is 104 Å². The molecular formula is C24H29N5O4. The van der Waals surface area contributed by atoms with Crippen LogP contribution in [-0.4, -0.2) is 30.8 Å². The summed E-state index contributed by atoms with van der Waals surface area (Å²) in [5.74, 6) is 0.595. The third kappa shape index (κ3) is 5.46. The molecule has 0 saturated carbocycles. The van der Waals surface area contributed by atoms with Gasteiger partial charge in [-0.1, -0.05) is 38.5 Å². The van der Waals surface area contributed by atoms with E-state index in [4.69, 9.17) is 21.4 Å². The first-order valence-electron chi connectivity index (χ1n) is 11.1. The van der Waals surface area contributed by atoms with Gasteiger partial charge >= 0.3 is 5.69 Å². The predicted molar refractivity (Wildman–Crippen MR) is 126 cm³/mol. The Labute approximate surface area is 192 Å². The van der Waals surface area contributed by atoms with Gasteiger partial charge in [0.25, 0.3) is 5.56 Å². The number of aliphatic hydroxyl groups is 1. The fourth-order valence-corrected chi connectivity index (χ4v) is 3.59. The minimum Gasteiger partial charge on any atom is -0.498 e. The molecule has 9 nitrogen and oxygen atoms in total. The Hall–Kier alpha value is -3.51. The number of rotatable bonds is 10. The van der Waals surface area contributed by atoms with Gasteiger partial charge in [-0.2, -0.15) is 0 Å². The summed E-state index contributed by atoms with van der Waals surface area (Å²) in [7, 11) is 1.45. The van der Waals surface area contributed by atoms with Gasteiger partial charge in [-0.25, -0.2) is 19.6 Å². The zero-order valence-corrected chi connectivity index (χ0v) is 19.2. The monoisotopic (exact) mass is 451 g/mol. The molecule has 0 unspecified atom stereocenters. The quantitative estimate of drug-likeness (QED) is 0.375. The number of aliphatic hydroxyl groups excluding tert-OH is 1. The van der Waals surface area contributed by atoms with Crippen LogP contribution in [0.2, 0.25) is 0 Å². The van der Waals surface area contributed by atoms with Crippen molar-refractivity contribution in [3.63, 3.8) is 0 Å². The average Bonchev–Trinajstić information content (AvgIpc) is 2.81. The number of hydrogen-bond donors (Lipinski definition) is 1. The van der Waals surface area contributed by atoms with Gasteiger partial charge in [-0.15, -0.1) is 0 Å². The van der Waals surface area contributed by atoms with Gasteiger partial charge in [0, 0.05) is 20.2 Å². The van der Waals surface area contributed by atoms with Crippen molar-refractivity contribution in [3.05, 3.63) is 67.9 Å². The highest BCUT2D eigenvalue weighted by molar-refractivity contribution is 5.69. The fraction of sp³-hybridized carbons (Fsp3) is 0.458. The summed E-state index contributed by atoms with van der Waals surface area (Å²) in [6.45, 7) is 11.9. The maximum atomic E-state index is 12.8. The molecule has 3 aromatic rings. The van der Waals surface area contributed by atoms with Crippen molar-refractivity contribution in [1.82, 2.24) is 19.1 Å². The normalized spacial score (nSPS) is 11.2. The Balaban J connectivity index is 2.11. The van der Waals surface area contributed by atoms with Crippen molar-refractivity contribution in [2.24, 2.45) is 13.0 Å². The number of nitrogens with zero attached hydrogens (tertiary/aromatic N) is 5. The first-order valence-corrected chi connectivity index (χ1v) is 11.1. The zero-order valence-electron chi connectivity index (χ0n) is 19.2. The highest BCUT2D eigenvalue weighted by atomic mass is 16.5. The Morgan fingerprint density at radius 2 is 1.88 bits per heavy atom. The third-order valence-corrected chi connectivity index (χ3v) is 5.28. The molecule has 1 aromatic carbocycles. The average molecular weight is 452 g/mol. The molecule has 33 heavy (non-hydrogen) atoms. The van der Waals surface area contributed by atoms with E-state index in [0.717, 1.165) is 17.4 Å². The summed E-state index contributed by atoms with van der Waals surface area (Å²) >= 11 is 0. The SMILES string of the molecule is [C-]#[N+]c1ccccc1OCc1nc2c(nc1CCCCCO)c(=O)n(C)c(=O)n2CC(C)C. The number of aromatic nitrogens is 4. The molecule has 2 aromatic heterocycles. The van der Waals surface area contributed by atoms with E-state index in [1.54, 1.807) is 24.3 Å². The number of ether oxygens (including phenoxy) is 1. The van der Waals surface area contributed by atoms with Crippen molar-refractivity contribution in [2.45, 2.75) is 52.7 Å². The van der Waals surface area contributed by atoms with E-state index < -0.39 is 11.2 Å². The second-order valence-electron chi connectivity index (χ2n) is 8.34. The van der Waals surface area contributed by atoms with E-state index in [0.29, 0.717) is 42.2 Å². The number of para-hydroxylation sites is 2. The van der Waals surface area contributed by atoms with Gasteiger partial charge in [0.1, 0.15) is 18.1 Å². The largest absolute Gasteiger partial charge is 0.498 e. The van der Waals surface area contributed by atoms with Gasteiger partial charge < -0.3 is 9.84 Å². The predicted octanol–water partition coefficient (Wildman–Crippen LogP) is 2.98. The fourth-order valence-electron chi connectivity index (χ4n) is 3.59. The minimum atomic E-state index is -0.482. The molecule has 0 aliphatic rings. The molecule has 0 saturated heterocycles. The first-order chi connectivity index (χ1) is 15.9. The number of fused-ring (bicyclic) bond motifs is 1. The highest BCUT2D eigenvalue weighted by Gasteiger charge is 2.19. The van der Waals surface area contributed by atoms with Gasteiger partial charge in [0.15, 0.2) is 11.2 Å². The molecule has 2 heterocycles. The van der Waals surface area contributed by atoms with Crippen LogP contribution in [0.4, 0.5) is 5.69 Å². The van der Waals surface area contributed by atoms with E-state index in [2.05, 4.69) is 9.83 Å². The van der Waals surface area contributed by atoms with Crippen molar-refractivity contribution in [1.29, 1.82) is 0 Å². The van der Waals surface area contributed by atoms with Crippen LogP contribution in [-0.2, 0) is 26.6 Å². The van der Waals surface area contributed by atoms with Crippen LogP contribution in [0.3, 0.4) is 0 Å². The third-order valence-electron chi connectivity index (χ3n) is 5.28. The molecule has 174 valence electrons. The number of unbranched alkanes of at least 4 members (excludes halogenated alkanes) is 2. The van der Waals surface area contributed by atoms with Crippen molar-refractivity contribution in [2.75, 3.05) is 6.61 Å². The summed E-state index contributed by atoms with van der Waals surface area (Å²) in [6.07, 6.45) is 2.81. The molecule has 0 bridgehead atoms. The Morgan fingerprint density at radius 1 is 1.12 bits per heavy atom. The van der Waals surface area contributed by atoms with Crippen molar-refractivity contribution >= 4 is 16.9 Å². The second-order valence-corrected chi connectivity index (χ2v) is 8.34. The van der Waals surface area contributed by atoms with Crippen LogP contribution < -0.4 is 16.0 Å². The Kier molecular flexibility index (Phi) is 7.96. The maximum absolute atomic E-state index is 12.8. The van der Waals surface area contributed by atoms with E-state index in [-0.39, 0.29) is 30.3 Å². The van der Waals surface area contributed by atoms with Crippen LogP contribution in [0, 0.1) is 12.5 Å². The molecule has 0 aliphatic heterocycles. The van der Waals surface area contributed by atoms with Crippen LogP contribution in [0.15, 0.2) is 33.9 Å². The van der Waals surface area contributed by atoms with Gasteiger partial charge in [0.2, 0.25) is 5.69 Å². The lowest BCUT2D eigenvalue weighted by Crippen LogP contribution is -2.40. The van der Waals surface area contributed by atoms with Gasteiger partial charge in [-0.3, -0.25) is 13.9 Å². The molecular weight excluding hydrogens is 422 g/mol. The van der Waals surface area contributed by atoms with Crippen LogP contribution in [0.25, 0.3) is 16.0 Å². The van der Waals surface area contributed by atoms with Gasteiger partial charge in [-0.05, 0) is 31.2 Å². The molecule has 3 rings (SSSR count). The molecule has 9 heteroatoms. The van der Waals surface area contributed by atoms with Gasteiger partial charge in [0.05, 0.1) is 12.3 Å². The van der Waals surface area contributed by atoms with Crippen molar-refractivity contribution in [3.8, 4) is 5.75 Å². The van der Waals surface area contributed by atoms with Crippen LogP contribution in [0.5, 0.6) is 5.75 Å². The molecule has 0 amide bonds. The summed E-state index contributed by atoms with van der Waals surface area (Å²) in [6, 6.07) is 6.94. The molecule has 0 radical (unpaired) electrons. The van der Waals surface area contributed by atoms with Crippen LogP contribution in [0.1, 0.15) is 44.5 Å². The zero-order chi connectivity index (χ0) is 24.0. The van der Waals surface area contributed by atoms with E-state index >= 15 is 0 Å². The summed E-state index contributed by atoms with van der Waals surface area (Å²) < 4.78 is 8.46. The number of aryl methyl sites for hydroxylation is 1. The van der Waals surface area contributed by atoms with Crippen molar-refractivity contribution < 1.29 is 9.84 Å². The second kappa shape index (κ2) is 10.9. The summed E-state index contributed by atoms with van der Waals surface area (Å²) in [4.78, 5) is 38.5. The number of benzene rings is 1. The Bertz CT molecular complexity index is 1290.